The van der Waals surface area contributed by atoms with Gasteiger partial charge in [0, 0.05) is 49.8 Å². The van der Waals surface area contributed by atoms with Gasteiger partial charge in [-0.15, -0.1) is 0 Å². The third-order valence-electron chi connectivity index (χ3n) is 5.51. The molecular formula is C22H20F3N5O2. The van der Waals surface area contributed by atoms with E-state index in [2.05, 4.69) is 26.8 Å². The van der Waals surface area contributed by atoms with Crippen molar-refractivity contribution < 1.29 is 23.1 Å². The molecule has 2 atom stereocenters. The van der Waals surface area contributed by atoms with Gasteiger partial charge in [0.1, 0.15) is 11.0 Å². The van der Waals surface area contributed by atoms with Crippen LogP contribution in [0.5, 0.6) is 0 Å². The number of anilines is 1. The van der Waals surface area contributed by atoms with Crippen LogP contribution in [0.25, 0.3) is 22.2 Å². The molecule has 1 aliphatic heterocycles. The topological polar surface area (TPSA) is 91.2 Å². The number of alkyl halides is 3. The molecule has 1 aliphatic rings. The van der Waals surface area contributed by atoms with Gasteiger partial charge in [-0.1, -0.05) is 18.7 Å². The first kappa shape index (κ1) is 21.7. The number of rotatable bonds is 5. The number of aliphatic hydroxyl groups excluding tert-OH is 1. The number of halogens is 3. The number of pyridine rings is 1. The molecule has 0 radical (unpaired) electrons. The van der Waals surface area contributed by atoms with Gasteiger partial charge in [0.25, 0.3) is 0 Å². The molecule has 32 heavy (non-hydrogen) atoms. The maximum absolute atomic E-state index is 12.9. The van der Waals surface area contributed by atoms with E-state index >= 15 is 0 Å². The molecule has 0 aliphatic carbocycles. The molecule has 2 N–H and O–H groups in total. The first-order valence-electron chi connectivity index (χ1n) is 9.88. The number of aromatic nitrogens is 3. The highest BCUT2D eigenvalue weighted by Gasteiger charge is 2.35. The molecule has 0 bridgehead atoms. The van der Waals surface area contributed by atoms with Crippen molar-refractivity contribution in [2.45, 2.75) is 12.2 Å². The highest BCUT2D eigenvalue weighted by Crippen LogP contribution is 2.34. The number of likely N-dealkylation sites (tertiary alicyclic amines) is 1. The highest BCUT2D eigenvalue weighted by molar-refractivity contribution is 5.96. The van der Waals surface area contributed by atoms with Gasteiger partial charge in [-0.2, -0.15) is 13.2 Å². The highest BCUT2D eigenvalue weighted by atomic mass is 19.4. The van der Waals surface area contributed by atoms with E-state index < -0.39 is 11.7 Å². The second-order valence-corrected chi connectivity index (χ2v) is 7.49. The smallest absolute Gasteiger partial charge is 0.396 e. The van der Waals surface area contributed by atoms with Crippen molar-refractivity contribution in [1.82, 2.24) is 19.9 Å². The third kappa shape index (κ3) is 4.13. The molecule has 7 nitrogen and oxygen atoms in total. The summed E-state index contributed by atoms with van der Waals surface area (Å²) in [5.41, 5.74) is 1.25. The van der Waals surface area contributed by atoms with E-state index in [4.69, 9.17) is 0 Å². The molecule has 1 amide bonds. The van der Waals surface area contributed by atoms with Crippen LogP contribution < -0.4 is 5.32 Å². The summed E-state index contributed by atoms with van der Waals surface area (Å²) in [7, 11) is 0. The van der Waals surface area contributed by atoms with E-state index in [0.717, 1.165) is 12.1 Å². The largest absolute Gasteiger partial charge is 0.416 e. The molecular weight excluding hydrogens is 423 g/mol. The normalized spacial score (nSPS) is 18.7. The van der Waals surface area contributed by atoms with Crippen molar-refractivity contribution in [1.29, 1.82) is 0 Å². The fourth-order valence-electron chi connectivity index (χ4n) is 3.82. The van der Waals surface area contributed by atoms with E-state index in [1.807, 2.05) is 0 Å². The number of hydrogen-bond donors (Lipinski definition) is 2. The Balaban J connectivity index is 1.67. The van der Waals surface area contributed by atoms with E-state index in [-0.39, 0.29) is 24.5 Å². The number of benzene rings is 1. The van der Waals surface area contributed by atoms with Crippen molar-refractivity contribution in [3.8, 4) is 11.1 Å². The third-order valence-corrected chi connectivity index (χ3v) is 5.51. The van der Waals surface area contributed by atoms with E-state index in [1.165, 1.54) is 36.8 Å². The number of nitrogens with zero attached hydrogens (tertiary/aromatic N) is 4. The molecule has 1 saturated heterocycles. The molecule has 2 aromatic heterocycles. The van der Waals surface area contributed by atoms with Crippen LogP contribution in [0.1, 0.15) is 5.56 Å². The molecule has 1 fully saturated rings. The van der Waals surface area contributed by atoms with E-state index in [9.17, 15) is 23.1 Å². The lowest BCUT2D eigenvalue weighted by atomic mass is 10.0. The Kier molecular flexibility index (Phi) is 5.79. The minimum Gasteiger partial charge on any atom is -0.396 e. The van der Waals surface area contributed by atoms with Gasteiger partial charge in [-0.25, -0.2) is 9.97 Å². The minimum atomic E-state index is -4.42. The second kappa shape index (κ2) is 8.54. The predicted molar refractivity (Wildman–Crippen MR) is 113 cm³/mol. The van der Waals surface area contributed by atoms with Crippen LogP contribution >= 0.6 is 0 Å². The van der Waals surface area contributed by atoms with Crippen LogP contribution in [0.2, 0.25) is 0 Å². The first-order valence-corrected chi connectivity index (χ1v) is 9.88. The molecule has 0 saturated carbocycles. The van der Waals surface area contributed by atoms with Gasteiger partial charge >= 0.3 is 6.18 Å². The summed E-state index contributed by atoms with van der Waals surface area (Å²) in [5.74, 6) is -0.00913. The summed E-state index contributed by atoms with van der Waals surface area (Å²) in [5, 5.41) is 13.0. The average Bonchev–Trinajstić information content (AvgIpc) is 3.21. The zero-order chi connectivity index (χ0) is 22.9. The van der Waals surface area contributed by atoms with Crippen molar-refractivity contribution in [3.05, 3.63) is 61.1 Å². The standard InChI is InChI=1S/C22H20F3N5O2/c1-2-18(32)30-10-14(12-31)17(11-30)29-21-20-19(26-7-8-27-20)16(9-28-21)13-3-5-15(6-4-13)22(23,24)25/h2-9,14,17,31H,1,10-12H2,(H,28,29)/t14-,17+/m0/s1. The summed E-state index contributed by atoms with van der Waals surface area (Å²) >= 11 is 0. The van der Waals surface area contributed by atoms with Crippen LogP contribution in [-0.2, 0) is 11.0 Å². The Hall–Kier alpha value is -3.53. The Morgan fingerprint density at radius 3 is 2.47 bits per heavy atom. The Morgan fingerprint density at radius 2 is 1.84 bits per heavy atom. The molecule has 10 heteroatoms. The molecule has 3 heterocycles. The molecule has 166 valence electrons. The van der Waals surface area contributed by atoms with Crippen LogP contribution in [0.15, 0.2) is 55.5 Å². The van der Waals surface area contributed by atoms with E-state index in [1.54, 1.807) is 4.90 Å². The average molecular weight is 443 g/mol. The van der Waals surface area contributed by atoms with E-state index in [0.29, 0.717) is 41.1 Å². The number of hydrogen-bond acceptors (Lipinski definition) is 6. The van der Waals surface area contributed by atoms with Gasteiger partial charge in [-0.3, -0.25) is 9.78 Å². The predicted octanol–water partition coefficient (Wildman–Crippen LogP) is 3.13. The second-order valence-electron chi connectivity index (χ2n) is 7.49. The maximum Gasteiger partial charge on any atom is 0.416 e. The molecule has 0 spiro atoms. The summed E-state index contributed by atoms with van der Waals surface area (Å²) in [6.45, 7) is 4.12. The molecule has 0 unspecified atom stereocenters. The first-order chi connectivity index (χ1) is 15.3. The summed E-state index contributed by atoms with van der Waals surface area (Å²) in [4.78, 5) is 26.7. The van der Waals surface area contributed by atoms with Gasteiger partial charge in [0.15, 0.2) is 5.82 Å². The minimum absolute atomic E-state index is 0.119. The zero-order valence-electron chi connectivity index (χ0n) is 16.9. The quantitative estimate of drug-likeness (QED) is 0.589. The SMILES string of the molecule is C=CC(=O)N1C[C@@H](CO)[C@H](Nc2ncc(-c3ccc(C(F)(F)F)cc3)c3nccnc23)C1. The maximum atomic E-state index is 12.9. The molecule has 4 rings (SSSR count). The van der Waals surface area contributed by atoms with Gasteiger partial charge in [0.2, 0.25) is 5.91 Å². The number of fused-ring (bicyclic) bond motifs is 1. The van der Waals surface area contributed by atoms with Crippen molar-refractivity contribution >= 4 is 22.8 Å². The zero-order valence-corrected chi connectivity index (χ0v) is 16.9. The van der Waals surface area contributed by atoms with Gasteiger partial charge in [0.05, 0.1) is 11.6 Å². The lowest BCUT2D eigenvalue weighted by molar-refractivity contribution is -0.137. The lowest BCUT2D eigenvalue weighted by Crippen LogP contribution is -2.32. The number of amides is 1. The molecule has 1 aromatic carbocycles. The summed E-state index contributed by atoms with van der Waals surface area (Å²) in [6, 6.07) is 4.51. The van der Waals surface area contributed by atoms with Crippen molar-refractivity contribution in [2.75, 3.05) is 25.0 Å². The van der Waals surface area contributed by atoms with Crippen LogP contribution in [0.4, 0.5) is 19.0 Å². The Labute approximate surface area is 181 Å². The van der Waals surface area contributed by atoms with Gasteiger partial charge < -0.3 is 15.3 Å². The van der Waals surface area contributed by atoms with Crippen LogP contribution in [-0.4, -0.2) is 56.6 Å². The van der Waals surface area contributed by atoms with Gasteiger partial charge in [-0.05, 0) is 23.8 Å². The Morgan fingerprint density at radius 1 is 1.16 bits per heavy atom. The van der Waals surface area contributed by atoms with Crippen LogP contribution in [0, 0.1) is 5.92 Å². The Bertz CT molecular complexity index is 1150. The summed E-state index contributed by atoms with van der Waals surface area (Å²) in [6.07, 6.45) is 1.33. The number of nitrogens with one attached hydrogen (secondary N) is 1. The number of aliphatic hydroxyl groups is 1. The number of carbonyl (C=O) groups excluding carboxylic acids is 1. The fraction of sp³-hybridized carbons (Fsp3) is 0.273. The lowest BCUT2D eigenvalue weighted by Gasteiger charge is -2.19. The number of carbonyl (C=O) groups is 1. The monoisotopic (exact) mass is 443 g/mol. The van der Waals surface area contributed by atoms with Crippen LogP contribution in [0.3, 0.4) is 0 Å². The molecule has 3 aromatic rings. The summed E-state index contributed by atoms with van der Waals surface area (Å²) < 4.78 is 38.7. The van der Waals surface area contributed by atoms with Crippen molar-refractivity contribution in [3.63, 3.8) is 0 Å². The van der Waals surface area contributed by atoms with Crippen molar-refractivity contribution in [2.24, 2.45) is 5.92 Å². The fourth-order valence-corrected chi connectivity index (χ4v) is 3.82.